The Morgan fingerprint density at radius 3 is 2.62 bits per heavy atom. The molecule has 1 aromatic heterocycles. The van der Waals surface area contributed by atoms with Gasteiger partial charge in [0.2, 0.25) is 0 Å². The van der Waals surface area contributed by atoms with Crippen LogP contribution in [0.4, 0.5) is 0 Å². The Morgan fingerprint density at radius 1 is 1.16 bits per heavy atom. The van der Waals surface area contributed by atoms with Crippen molar-refractivity contribution in [1.82, 2.24) is 14.7 Å². The number of esters is 2. The molecule has 1 amide bonds. The maximum absolute atomic E-state index is 12.7. The van der Waals surface area contributed by atoms with Gasteiger partial charge < -0.3 is 14.4 Å². The van der Waals surface area contributed by atoms with Crippen molar-refractivity contribution in [1.29, 1.82) is 0 Å². The van der Waals surface area contributed by atoms with Crippen LogP contribution in [0.5, 0.6) is 0 Å². The van der Waals surface area contributed by atoms with E-state index in [1.807, 2.05) is 18.2 Å². The summed E-state index contributed by atoms with van der Waals surface area (Å²) in [6, 6.07) is 6.60. The van der Waals surface area contributed by atoms with Gasteiger partial charge in [-0.2, -0.15) is 5.10 Å². The highest BCUT2D eigenvalue weighted by atomic mass is 35.5. The van der Waals surface area contributed by atoms with Crippen LogP contribution in [0.2, 0.25) is 10.2 Å². The molecule has 172 valence electrons. The average Bonchev–Trinajstić information content (AvgIpc) is 3.06. The minimum absolute atomic E-state index is 0.0899. The molecule has 2 aromatic rings. The van der Waals surface area contributed by atoms with E-state index in [4.69, 9.17) is 32.7 Å². The van der Waals surface area contributed by atoms with Crippen molar-refractivity contribution in [3.8, 4) is 0 Å². The van der Waals surface area contributed by atoms with Gasteiger partial charge >= 0.3 is 11.9 Å². The summed E-state index contributed by atoms with van der Waals surface area (Å²) in [5.41, 5.74) is 1.26. The number of piperidine rings is 1. The molecule has 1 unspecified atom stereocenters. The average molecular weight is 482 g/mol. The maximum Gasteiger partial charge on any atom is 0.343 e. The first kappa shape index (κ1) is 24.1. The number of ether oxygens (including phenoxy) is 2. The fourth-order valence-corrected chi connectivity index (χ4v) is 4.18. The molecule has 8 nitrogen and oxygen atoms in total. The minimum atomic E-state index is -0.754. The first-order chi connectivity index (χ1) is 15.3. The molecule has 32 heavy (non-hydrogen) atoms. The summed E-state index contributed by atoms with van der Waals surface area (Å²) in [4.78, 5) is 39.0. The first-order valence-corrected chi connectivity index (χ1v) is 11.2. The molecule has 1 aromatic carbocycles. The van der Waals surface area contributed by atoms with E-state index in [-0.39, 0.29) is 23.9 Å². The molecule has 0 spiro atoms. The number of benzene rings is 1. The molecule has 0 aliphatic carbocycles. The third-order valence-electron chi connectivity index (χ3n) is 5.26. The molecule has 0 N–H and O–H groups in total. The van der Waals surface area contributed by atoms with Crippen LogP contribution < -0.4 is 0 Å². The number of rotatable bonds is 7. The summed E-state index contributed by atoms with van der Waals surface area (Å²) in [5, 5.41) is 4.97. The van der Waals surface area contributed by atoms with Gasteiger partial charge in [-0.3, -0.25) is 4.79 Å². The number of hydrogen-bond acceptors (Lipinski definition) is 6. The molecule has 1 fully saturated rings. The van der Waals surface area contributed by atoms with E-state index in [0.29, 0.717) is 23.7 Å². The fourth-order valence-electron chi connectivity index (χ4n) is 3.67. The van der Waals surface area contributed by atoms with Gasteiger partial charge in [0.1, 0.15) is 16.8 Å². The van der Waals surface area contributed by atoms with E-state index in [0.717, 1.165) is 18.4 Å². The van der Waals surface area contributed by atoms with Crippen LogP contribution >= 0.6 is 23.2 Å². The van der Waals surface area contributed by atoms with E-state index in [1.165, 1.54) is 9.58 Å². The number of carbonyl (C=O) groups is 3. The van der Waals surface area contributed by atoms with Crippen molar-refractivity contribution in [2.75, 3.05) is 19.8 Å². The van der Waals surface area contributed by atoms with E-state index in [2.05, 4.69) is 5.10 Å². The molecule has 1 aliphatic heterocycles. The van der Waals surface area contributed by atoms with Crippen molar-refractivity contribution in [2.45, 2.75) is 45.7 Å². The SMILES string of the molecule is CCOC(=O)C1CCCCN1C(=O)COC(=O)c1c(C)nn(Cc2ccccc2Cl)c1Cl. The number of amides is 1. The Labute approximate surface area is 196 Å². The van der Waals surface area contributed by atoms with E-state index >= 15 is 0 Å². The summed E-state index contributed by atoms with van der Waals surface area (Å²) in [7, 11) is 0. The second-order valence-electron chi connectivity index (χ2n) is 7.43. The summed E-state index contributed by atoms with van der Waals surface area (Å²) in [6.07, 6.45) is 2.13. The number of likely N-dealkylation sites (tertiary alicyclic amines) is 1. The lowest BCUT2D eigenvalue weighted by Crippen LogP contribution is -2.50. The maximum atomic E-state index is 12.7. The number of hydrogen-bond donors (Lipinski definition) is 0. The Morgan fingerprint density at radius 2 is 1.91 bits per heavy atom. The molecule has 1 saturated heterocycles. The van der Waals surface area contributed by atoms with Crippen LogP contribution in [0.15, 0.2) is 24.3 Å². The van der Waals surface area contributed by atoms with Crippen LogP contribution in [-0.2, 0) is 25.6 Å². The van der Waals surface area contributed by atoms with Crippen LogP contribution in [0, 0.1) is 6.92 Å². The Bertz CT molecular complexity index is 1010. The Kier molecular flexibility index (Phi) is 8.15. The lowest BCUT2D eigenvalue weighted by Gasteiger charge is -2.33. The monoisotopic (exact) mass is 481 g/mol. The van der Waals surface area contributed by atoms with Crippen LogP contribution in [-0.4, -0.2) is 58.3 Å². The third kappa shape index (κ3) is 5.42. The van der Waals surface area contributed by atoms with E-state index < -0.39 is 30.5 Å². The summed E-state index contributed by atoms with van der Waals surface area (Å²) in [6.45, 7) is 3.78. The second kappa shape index (κ2) is 10.8. The largest absolute Gasteiger partial charge is 0.464 e. The zero-order chi connectivity index (χ0) is 23.3. The molecule has 2 heterocycles. The van der Waals surface area contributed by atoms with Gasteiger partial charge in [-0.1, -0.05) is 41.4 Å². The third-order valence-corrected chi connectivity index (χ3v) is 6.01. The predicted octanol–water partition coefficient (Wildman–Crippen LogP) is 3.65. The van der Waals surface area contributed by atoms with Crippen LogP contribution in [0.25, 0.3) is 0 Å². The zero-order valence-corrected chi connectivity index (χ0v) is 19.5. The number of nitrogens with zero attached hydrogens (tertiary/aromatic N) is 3. The quantitative estimate of drug-likeness (QED) is 0.560. The van der Waals surface area contributed by atoms with Gasteiger partial charge in [-0.05, 0) is 44.7 Å². The molecule has 1 aliphatic rings. The number of aryl methyl sites for hydroxylation is 1. The topological polar surface area (TPSA) is 90.7 Å². The lowest BCUT2D eigenvalue weighted by atomic mass is 10.0. The summed E-state index contributed by atoms with van der Waals surface area (Å²) in [5.74, 6) is -1.64. The van der Waals surface area contributed by atoms with E-state index in [1.54, 1.807) is 19.9 Å². The lowest BCUT2D eigenvalue weighted by molar-refractivity contribution is -0.157. The number of aromatic nitrogens is 2. The highest BCUT2D eigenvalue weighted by Gasteiger charge is 2.34. The molecule has 10 heteroatoms. The van der Waals surface area contributed by atoms with Crippen molar-refractivity contribution in [3.05, 3.63) is 51.3 Å². The van der Waals surface area contributed by atoms with Gasteiger partial charge in [-0.15, -0.1) is 0 Å². The second-order valence-corrected chi connectivity index (χ2v) is 8.19. The predicted molar refractivity (Wildman–Crippen MR) is 119 cm³/mol. The Balaban J connectivity index is 1.67. The normalized spacial score (nSPS) is 16.0. The first-order valence-electron chi connectivity index (χ1n) is 10.4. The van der Waals surface area contributed by atoms with Crippen molar-refractivity contribution >= 4 is 41.0 Å². The van der Waals surface area contributed by atoms with Crippen molar-refractivity contribution in [3.63, 3.8) is 0 Å². The van der Waals surface area contributed by atoms with Gasteiger partial charge in [0.05, 0.1) is 18.8 Å². The van der Waals surface area contributed by atoms with Crippen LogP contribution in [0.3, 0.4) is 0 Å². The zero-order valence-electron chi connectivity index (χ0n) is 18.0. The van der Waals surface area contributed by atoms with Crippen molar-refractivity contribution in [2.24, 2.45) is 0 Å². The fraction of sp³-hybridized carbons (Fsp3) is 0.455. The standard InChI is InChI=1S/C22H25Cl2N3O5/c1-3-31-21(29)17-10-6-7-11-26(17)18(28)13-32-22(30)19-14(2)25-27(20(19)24)12-15-8-4-5-9-16(15)23/h4-5,8-9,17H,3,6-7,10-13H2,1-2H3. The Hall–Kier alpha value is -2.58. The highest BCUT2D eigenvalue weighted by molar-refractivity contribution is 6.33. The molecular formula is C22H25Cl2N3O5. The highest BCUT2D eigenvalue weighted by Crippen LogP contribution is 2.24. The summed E-state index contributed by atoms with van der Waals surface area (Å²) < 4.78 is 11.8. The molecule has 0 bridgehead atoms. The minimum Gasteiger partial charge on any atom is -0.464 e. The molecule has 1 atom stereocenters. The van der Waals surface area contributed by atoms with E-state index in [9.17, 15) is 14.4 Å². The van der Waals surface area contributed by atoms with Gasteiger partial charge in [0, 0.05) is 11.6 Å². The molecular weight excluding hydrogens is 457 g/mol. The van der Waals surface area contributed by atoms with Gasteiger partial charge in [-0.25, -0.2) is 14.3 Å². The number of carbonyl (C=O) groups excluding carboxylic acids is 3. The smallest absolute Gasteiger partial charge is 0.343 e. The summed E-state index contributed by atoms with van der Waals surface area (Å²) >= 11 is 12.6. The van der Waals surface area contributed by atoms with Gasteiger partial charge in [0.25, 0.3) is 5.91 Å². The van der Waals surface area contributed by atoms with Crippen LogP contribution in [0.1, 0.15) is 47.8 Å². The molecule has 3 rings (SSSR count). The molecule has 0 saturated carbocycles. The van der Waals surface area contributed by atoms with Gasteiger partial charge in [0.15, 0.2) is 6.61 Å². The number of halogens is 2. The molecule has 0 radical (unpaired) electrons. The van der Waals surface area contributed by atoms with Crippen molar-refractivity contribution < 1.29 is 23.9 Å².